The molecule has 3 aromatic rings. The van der Waals surface area contributed by atoms with E-state index in [1.807, 2.05) is 0 Å². The number of carboxylic acids is 1. The largest absolute Gasteiger partial charge is 0.480 e. The van der Waals surface area contributed by atoms with E-state index in [1.165, 1.54) is 11.1 Å². The van der Waals surface area contributed by atoms with Crippen molar-refractivity contribution in [1.82, 2.24) is 19.9 Å². The Morgan fingerprint density at radius 2 is 1.80 bits per heavy atom. The Hall–Kier alpha value is -3.03. The minimum absolute atomic E-state index is 0.0414. The molecule has 1 aliphatic rings. The number of carbonyl (C=O) groups is 2. The molecule has 0 bridgehead atoms. The van der Waals surface area contributed by atoms with Gasteiger partial charge in [0, 0.05) is 29.2 Å². The lowest BCUT2D eigenvalue weighted by atomic mass is 10.0. The molecule has 1 N–H and O–H groups in total. The molecule has 0 aliphatic carbocycles. The molecule has 0 saturated carbocycles. The number of pyridine rings is 1. The Balaban J connectivity index is 1.72. The quantitative estimate of drug-likeness (QED) is 0.605. The number of carboxylic acid groups (broad SMARTS) is 1. The predicted octanol–water partition coefficient (Wildman–Crippen LogP) is 4.28. The fourth-order valence-corrected chi connectivity index (χ4v) is 4.14. The molecule has 3 heterocycles. The number of likely N-dealkylation sites (tertiary alicyclic amines) is 1. The molecule has 1 aromatic carbocycles. The van der Waals surface area contributed by atoms with Gasteiger partial charge in [-0.25, -0.2) is 14.8 Å². The van der Waals surface area contributed by atoms with E-state index in [0.29, 0.717) is 34.8 Å². The summed E-state index contributed by atoms with van der Waals surface area (Å²) in [6.45, 7) is 0. The molecular weight excluding hydrogens is 427 g/mol. The molecule has 30 heavy (non-hydrogen) atoms. The first-order valence-corrected chi connectivity index (χ1v) is 9.96. The summed E-state index contributed by atoms with van der Waals surface area (Å²) in [5, 5.41) is 10.1. The van der Waals surface area contributed by atoms with Gasteiger partial charge in [0.15, 0.2) is 5.82 Å². The number of hydrogen-bond acceptors (Lipinski definition) is 5. The van der Waals surface area contributed by atoms with Crippen LogP contribution in [0.3, 0.4) is 0 Å². The summed E-state index contributed by atoms with van der Waals surface area (Å²) in [5.41, 5.74) is 1.44. The zero-order valence-corrected chi connectivity index (χ0v) is 17.1. The maximum atomic E-state index is 13.4. The van der Waals surface area contributed by atoms with Crippen LogP contribution in [0.25, 0.3) is 11.4 Å². The summed E-state index contributed by atoms with van der Waals surface area (Å²) in [6.07, 6.45) is 5.31. The van der Waals surface area contributed by atoms with Gasteiger partial charge in [-0.15, -0.1) is 0 Å². The van der Waals surface area contributed by atoms with Gasteiger partial charge in [-0.1, -0.05) is 41.4 Å². The molecule has 1 aliphatic heterocycles. The Labute approximate surface area is 182 Å². The monoisotopic (exact) mass is 442 g/mol. The fourth-order valence-electron chi connectivity index (χ4n) is 3.67. The number of aliphatic carboxylic acids is 1. The minimum atomic E-state index is -1.08. The lowest BCUT2D eigenvalue weighted by Gasteiger charge is -2.29. The highest BCUT2D eigenvalue weighted by Crippen LogP contribution is 2.40. The second kappa shape index (κ2) is 8.38. The number of amides is 1. The normalized spacial score (nSPS) is 18.4. The van der Waals surface area contributed by atoms with E-state index < -0.39 is 24.0 Å². The second-order valence-corrected chi connectivity index (χ2v) is 7.58. The summed E-state index contributed by atoms with van der Waals surface area (Å²) in [4.78, 5) is 38.9. The maximum Gasteiger partial charge on any atom is 0.326 e. The first-order valence-electron chi connectivity index (χ1n) is 9.20. The Morgan fingerprint density at radius 1 is 1.07 bits per heavy atom. The van der Waals surface area contributed by atoms with Crippen molar-refractivity contribution in [2.75, 3.05) is 0 Å². The van der Waals surface area contributed by atoms with Gasteiger partial charge < -0.3 is 10.0 Å². The van der Waals surface area contributed by atoms with Gasteiger partial charge in [0.2, 0.25) is 0 Å². The molecule has 9 heteroatoms. The van der Waals surface area contributed by atoms with E-state index in [1.54, 1.807) is 48.8 Å². The average molecular weight is 443 g/mol. The van der Waals surface area contributed by atoms with Gasteiger partial charge >= 0.3 is 5.97 Å². The standard InChI is InChI=1S/C21H16Cl2N4O3/c22-15-4-2-1-3-13(15)16-5-6-17(21(29)30)27(16)20(28)14-11-25-19(26-18(14)23)12-7-9-24-10-8-12/h1-4,7-11,16-17H,5-6H2,(H,29,30)/t16-,17+/m1/s1. The van der Waals surface area contributed by atoms with E-state index in [-0.39, 0.29) is 10.7 Å². The molecule has 152 valence electrons. The van der Waals surface area contributed by atoms with E-state index in [0.717, 1.165) is 0 Å². The summed E-state index contributed by atoms with van der Waals surface area (Å²) in [5.74, 6) is -1.28. The van der Waals surface area contributed by atoms with Crippen molar-refractivity contribution in [3.05, 3.63) is 76.3 Å². The van der Waals surface area contributed by atoms with Crippen LogP contribution in [0.2, 0.25) is 10.2 Å². The van der Waals surface area contributed by atoms with Crippen molar-refractivity contribution in [2.45, 2.75) is 24.9 Å². The minimum Gasteiger partial charge on any atom is -0.480 e. The van der Waals surface area contributed by atoms with Gasteiger partial charge in [0.25, 0.3) is 5.91 Å². The number of nitrogens with zero attached hydrogens (tertiary/aromatic N) is 4. The van der Waals surface area contributed by atoms with Crippen molar-refractivity contribution in [1.29, 1.82) is 0 Å². The number of rotatable bonds is 4. The van der Waals surface area contributed by atoms with Gasteiger partial charge in [-0.05, 0) is 36.6 Å². The smallest absolute Gasteiger partial charge is 0.326 e. The van der Waals surface area contributed by atoms with Crippen LogP contribution in [-0.4, -0.2) is 42.9 Å². The van der Waals surface area contributed by atoms with Crippen molar-refractivity contribution >= 4 is 35.1 Å². The molecule has 0 unspecified atom stereocenters. The van der Waals surface area contributed by atoms with E-state index in [9.17, 15) is 14.7 Å². The Kier molecular flexibility index (Phi) is 5.65. The summed E-state index contributed by atoms with van der Waals surface area (Å²) in [7, 11) is 0. The summed E-state index contributed by atoms with van der Waals surface area (Å²) >= 11 is 12.6. The summed E-state index contributed by atoms with van der Waals surface area (Å²) < 4.78 is 0. The topological polar surface area (TPSA) is 96.3 Å². The van der Waals surface area contributed by atoms with Crippen LogP contribution in [-0.2, 0) is 4.79 Å². The van der Waals surface area contributed by atoms with Crippen LogP contribution in [0, 0.1) is 0 Å². The number of aromatic nitrogens is 3. The van der Waals surface area contributed by atoms with Crippen molar-refractivity contribution in [3.8, 4) is 11.4 Å². The third kappa shape index (κ3) is 3.74. The maximum absolute atomic E-state index is 13.4. The lowest BCUT2D eigenvalue weighted by molar-refractivity contribution is -0.141. The van der Waals surface area contributed by atoms with Crippen LogP contribution in [0.4, 0.5) is 0 Å². The number of benzene rings is 1. The molecule has 7 nitrogen and oxygen atoms in total. The molecule has 2 atom stereocenters. The van der Waals surface area contributed by atoms with Crippen molar-refractivity contribution in [2.24, 2.45) is 0 Å². The van der Waals surface area contributed by atoms with Gasteiger partial charge in [-0.2, -0.15) is 0 Å². The number of halogens is 2. The molecule has 0 spiro atoms. The summed E-state index contributed by atoms with van der Waals surface area (Å²) in [6, 6.07) is 9.07. The van der Waals surface area contributed by atoms with Gasteiger partial charge in [0.1, 0.15) is 11.2 Å². The second-order valence-electron chi connectivity index (χ2n) is 6.82. The molecule has 4 rings (SSSR count). The first kappa shape index (κ1) is 20.3. The predicted molar refractivity (Wildman–Crippen MR) is 111 cm³/mol. The van der Waals surface area contributed by atoms with E-state index in [2.05, 4.69) is 15.0 Å². The van der Waals surface area contributed by atoms with Crippen molar-refractivity contribution < 1.29 is 14.7 Å². The lowest BCUT2D eigenvalue weighted by Crippen LogP contribution is -2.42. The highest BCUT2D eigenvalue weighted by atomic mass is 35.5. The third-order valence-electron chi connectivity index (χ3n) is 5.08. The Bertz CT molecular complexity index is 1110. The zero-order valence-electron chi connectivity index (χ0n) is 15.6. The average Bonchev–Trinajstić information content (AvgIpc) is 3.19. The SMILES string of the molecule is O=C(O)[C@@H]1CC[C@H](c2ccccc2Cl)N1C(=O)c1cnc(-c2ccncc2)nc1Cl. The van der Waals surface area contributed by atoms with Gasteiger partial charge in [-0.3, -0.25) is 9.78 Å². The number of hydrogen-bond donors (Lipinski definition) is 1. The molecule has 1 fully saturated rings. The fraction of sp³-hybridized carbons (Fsp3) is 0.190. The van der Waals surface area contributed by atoms with Crippen molar-refractivity contribution in [3.63, 3.8) is 0 Å². The third-order valence-corrected chi connectivity index (χ3v) is 5.71. The molecule has 2 aromatic heterocycles. The highest BCUT2D eigenvalue weighted by molar-refractivity contribution is 6.33. The first-order chi connectivity index (χ1) is 14.5. The van der Waals surface area contributed by atoms with E-state index >= 15 is 0 Å². The Morgan fingerprint density at radius 3 is 2.47 bits per heavy atom. The van der Waals surface area contributed by atoms with Crippen LogP contribution in [0.15, 0.2) is 55.0 Å². The van der Waals surface area contributed by atoms with Crippen LogP contribution >= 0.6 is 23.2 Å². The highest BCUT2D eigenvalue weighted by Gasteiger charge is 2.43. The molecule has 0 radical (unpaired) electrons. The van der Waals surface area contributed by atoms with Crippen LogP contribution in [0.1, 0.15) is 34.8 Å². The van der Waals surface area contributed by atoms with Gasteiger partial charge in [0.05, 0.1) is 11.6 Å². The zero-order chi connectivity index (χ0) is 21.3. The molecule has 1 amide bonds. The van der Waals surface area contributed by atoms with E-state index in [4.69, 9.17) is 23.2 Å². The molecular formula is C21H16Cl2N4O3. The molecule has 1 saturated heterocycles. The van der Waals surface area contributed by atoms with Crippen LogP contribution < -0.4 is 0 Å². The number of carbonyl (C=O) groups excluding carboxylic acids is 1. The van der Waals surface area contributed by atoms with Crippen LogP contribution in [0.5, 0.6) is 0 Å².